The molecule has 8 heteroatoms. The quantitative estimate of drug-likeness (QED) is 0.803. The minimum Gasteiger partial charge on any atom is -0.427 e. The minimum atomic E-state index is -0.557. The molecule has 0 spiro atoms. The Balaban J connectivity index is 2.10. The predicted molar refractivity (Wildman–Crippen MR) is 95.5 cm³/mol. The van der Waals surface area contributed by atoms with Gasteiger partial charge >= 0.3 is 5.97 Å². The lowest BCUT2D eigenvalue weighted by atomic mass is 10.0. The van der Waals surface area contributed by atoms with E-state index in [1.807, 2.05) is 12.3 Å². The van der Waals surface area contributed by atoms with E-state index in [4.69, 9.17) is 27.9 Å². The van der Waals surface area contributed by atoms with Gasteiger partial charge in [-0.2, -0.15) is 0 Å². The van der Waals surface area contributed by atoms with Crippen LogP contribution < -0.4 is 5.32 Å². The lowest BCUT2D eigenvalue weighted by Crippen LogP contribution is -2.31. The second-order valence-corrected chi connectivity index (χ2v) is 6.83. The second-order valence-electron chi connectivity index (χ2n) is 5.09. The SMILES string of the molecule is CC(=O)OC1=C(C)NC(c2nccs2)=NC1c1ccc(Cl)cc1Cl. The van der Waals surface area contributed by atoms with Crippen molar-refractivity contribution in [3.05, 3.63) is 61.8 Å². The number of ether oxygens (including phenoxy) is 1. The van der Waals surface area contributed by atoms with Crippen molar-refractivity contribution in [2.24, 2.45) is 4.99 Å². The number of hydrogen-bond donors (Lipinski definition) is 1. The summed E-state index contributed by atoms with van der Waals surface area (Å²) in [6, 6.07) is 4.59. The number of aliphatic imine (C=N–C) groups is 1. The van der Waals surface area contributed by atoms with E-state index in [0.717, 1.165) is 5.01 Å². The lowest BCUT2D eigenvalue weighted by Gasteiger charge is -2.26. The highest BCUT2D eigenvalue weighted by Crippen LogP contribution is 2.37. The van der Waals surface area contributed by atoms with Crippen LogP contribution in [-0.2, 0) is 9.53 Å². The topological polar surface area (TPSA) is 63.6 Å². The molecule has 1 atom stereocenters. The Morgan fingerprint density at radius 3 is 2.79 bits per heavy atom. The van der Waals surface area contributed by atoms with Crippen LogP contribution in [0.1, 0.15) is 30.5 Å². The van der Waals surface area contributed by atoms with Crippen LogP contribution in [0, 0.1) is 0 Å². The van der Waals surface area contributed by atoms with E-state index >= 15 is 0 Å². The summed E-state index contributed by atoms with van der Waals surface area (Å²) in [5.74, 6) is 0.593. The molecule has 0 saturated heterocycles. The van der Waals surface area contributed by atoms with E-state index in [1.165, 1.54) is 18.3 Å². The molecule has 124 valence electrons. The van der Waals surface area contributed by atoms with Gasteiger partial charge < -0.3 is 10.1 Å². The molecule has 1 unspecified atom stereocenters. The van der Waals surface area contributed by atoms with Crippen molar-refractivity contribution in [3.63, 3.8) is 0 Å². The Kier molecular flexibility index (Phi) is 4.89. The number of carbonyl (C=O) groups is 1. The molecule has 1 aliphatic heterocycles. The fourth-order valence-electron chi connectivity index (χ4n) is 2.33. The first kappa shape index (κ1) is 17.0. The van der Waals surface area contributed by atoms with Gasteiger partial charge in [0.2, 0.25) is 0 Å². The number of carbonyl (C=O) groups excluding carboxylic acids is 1. The number of esters is 1. The molecule has 5 nitrogen and oxygen atoms in total. The van der Waals surface area contributed by atoms with E-state index in [-0.39, 0.29) is 0 Å². The van der Waals surface area contributed by atoms with Crippen LogP contribution in [0.15, 0.2) is 46.2 Å². The molecule has 2 aromatic rings. The molecule has 0 saturated carbocycles. The second kappa shape index (κ2) is 6.93. The maximum atomic E-state index is 11.5. The summed E-state index contributed by atoms with van der Waals surface area (Å²) in [6.45, 7) is 3.16. The summed E-state index contributed by atoms with van der Waals surface area (Å²) in [7, 11) is 0. The predicted octanol–water partition coefficient (Wildman–Crippen LogP) is 4.34. The molecule has 1 aliphatic rings. The van der Waals surface area contributed by atoms with Gasteiger partial charge in [0.1, 0.15) is 6.04 Å². The maximum absolute atomic E-state index is 11.5. The number of rotatable bonds is 3. The van der Waals surface area contributed by atoms with Crippen LogP contribution in [0.2, 0.25) is 10.0 Å². The zero-order valence-electron chi connectivity index (χ0n) is 12.8. The zero-order valence-corrected chi connectivity index (χ0v) is 15.2. The molecule has 0 bridgehead atoms. The van der Waals surface area contributed by atoms with E-state index in [0.29, 0.717) is 32.9 Å². The molecule has 0 fully saturated rings. The molecular formula is C16H13Cl2N3O2S. The lowest BCUT2D eigenvalue weighted by molar-refractivity contribution is -0.137. The first-order chi connectivity index (χ1) is 11.5. The summed E-state index contributed by atoms with van der Waals surface area (Å²) in [5, 5.41) is 6.72. The zero-order chi connectivity index (χ0) is 17.3. The standard InChI is InChI=1S/C16H13Cl2N3O2S/c1-8-14(23-9(2)22)13(11-4-3-10(17)7-12(11)18)21-15(20-8)16-19-5-6-24-16/h3-7,13H,1-2H3,(H,20,21). The van der Waals surface area contributed by atoms with Gasteiger partial charge in [-0.05, 0) is 19.1 Å². The average Bonchev–Trinajstić information content (AvgIpc) is 3.03. The fraction of sp³-hybridized carbons (Fsp3) is 0.188. The van der Waals surface area contributed by atoms with Gasteiger partial charge in [0.15, 0.2) is 16.6 Å². The number of hydrogen-bond acceptors (Lipinski definition) is 6. The molecule has 24 heavy (non-hydrogen) atoms. The monoisotopic (exact) mass is 381 g/mol. The number of halogens is 2. The maximum Gasteiger partial charge on any atom is 0.307 e. The van der Waals surface area contributed by atoms with Gasteiger partial charge in [-0.3, -0.25) is 4.79 Å². The highest BCUT2D eigenvalue weighted by atomic mass is 35.5. The molecule has 0 amide bonds. The van der Waals surface area contributed by atoms with E-state index in [1.54, 1.807) is 24.4 Å². The van der Waals surface area contributed by atoms with Crippen molar-refractivity contribution >= 4 is 46.3 Å². The Hall–Kier alpha value is -1.89. The number of allylic oxidation sites excluding steroid dienone is 1. The normalized spacial score (nSPS) is 17.3. The van der Waals surface area contributed by atoms with E-state index in [2.05, 4.69) is 15.3 Å². The largest absolute Gasteiger partial charge is 0.427 e. The molecule has 1 aromatic carbocycles. The Bertz CT molecular complexity index is 847. The third kappa shape index (κ3) is 3.45. The van der Waals surface area contributed by atoms with Crippen molar-refractivity contribution in [2.45, 2.75) is 19.9 Å². The van der Waals surface area contributed by atoms with Gasteiger partial charge in [-0.25, -0.2) is 9.98 Å². The number of benzene rings is 1. The van der Waals surface area contributed by atoms with Crippen molar-refractivity contribution in [2.75, 3.05) is 0 Å². The number of amidine groups is 1. The number of nitrogens with one attached hydrogen (secondary N) is 1. The van der Waals surface area contributed by atoms with Gasteiger partial charge in [-0.15, -0.1) is 11.3 Å². The van der Waals surface area contributed by atoms with Crippen LogP contribution >= 0.6 is 34.5 Å². The Morgan fingerprint density at radius 2 is 2.17 bits per heavy atom. The first-order valence-electron chi connectivity index (χ1n) is 7.04. The third-order valence-electron chi connectivity index (χ3n) is 3.33. The molecule has 1 N–H and O–H groups in total. The summed E-state index contributed by atoms with van der Waals surface area (Å²) >= 11 is 13.8. The first-order valence-corrected chi connectivity index (χ1v) is 8.68. The molecule has 3 rings (SSSR count). The van der Waals surface area contributed by atoms with Crippen LogP contribution in [-0.4, -0.2) is 16.8 Å². The molecule has 0 aliphatic carbocycles. The third-order valence-corrected chi connectivity index (χ3v) is 4.67. The summed E-state index contributed by atoms with van der Waals surface area (Å²) in [5.41, 5.74) is 1.38. The highest BCUT2D eigenvalue weighted by Gasteiger charge is 2.29. The summed E-state index contributed by atoms with van der Waals surface area (Å²) in [6.07, 6.45) is 1.70. The fourth-order valence-corrected chi connectivity index (χ4v) is 3.43. The number of nitrogens with zero attached hydrogens (tertiary/aromatic N) is 2. The molecule has 0 radical (unpaired) electrons. The van der Waals surface area contributed by atoms with Crippen molar-refractivity contribution in [1.29, 1.82) is 0 Å². The van der Waals surface area contributed by atoms with Crippen molar-refractivity contribution in [3.8, 4) is 0 Å². The average molecular weight is 382 g/mol. The van der Waals surface area contributed by atoms with Crippen LogP contribution in [0.25, 0.3) is 0 Å². The Labute approximate surface area is 153 Å². The van der Waals surface area contributed by atoms with Gasteiger partial charge in [-0.1, -0.05) is 29.3 Å². The van der Waals surface area contributed by atoms with E-state index < -0.39 is 12.0 Å². The summed E-state index contributed by atoms with van der Waals surface area (Å²) < 4.78 is 5.38. The van der Waals surface area contributed by atoms with Crippen LogP contribution in [0.3, 0.4) is 0 Å². The Morgan fingerprint density at radius 1 is 1.38 bits per heavy atom. The molecule has 1 aromatic heterocycles. The number of thiazole rings is 1. The molecule has 2 heterocycles. The van der Waals surface area contributed by atoms with Gasteiger partial charge in [0.25, 0.3) is 0 Å². The number of aromatic nitrogens is 1. The van der Waals surface area contributed by atoms with Crippen LogP contribution in [0.4, 0.5) is 0 Å². The van der Waals surface area contributed by atoms with Crippen LogP contribution in [0.5, 0.6) is 0 Å². The molecular weight excluding hydrogens is 369 g/mol. The van der Waals surface area contributed by atoms with Crippen molar-refractivity contribution < 1.29 is 9.53 Å². The van der Waals surface area contributed by atoms with Gasteiger partial charge in [0, 0.05) is 34.1 Å². The minimum absolute atomic E-state index is 0.409. The smallest absolute Gasteiger partial charge is 0.307 e. The van der Waals surface area contributed by atoms with Crippen molar-refractivity contribution in [1.82, 2.24) is 10.3 Å². The van der Waals surface area contributed by atoms with Gasteiger partial charge in [0.05, 0.1) is 5.70 Å². The van der Waals surface area contributed by atoms with E-state index in [9.17, 15) is 4.79 Å². The highest BCUT2D eigenvalue weighted by molar-refractivity contribution is 7.11. The summed E-state index contributed by atoms with van der Waals surface area (Å²) in [4.78, 5) is 20.4.